The fourth-order valence-electron chi connectivity index (χ4n) is 4.81. The van der Waals surface area contributed by atoms with Gasteiger partial charge >= 0.3 is 0 Å². The number of nitrogens with zero attached hydrogens (tertiary/aromatic N) is 2. The van der Waals surface area contributed by atoms with E-state index in [0.717, 1.165) is 51.8 Å². The van der Waals surface area contributed by atoms with Gasteiger partial charge in [-0.3, -0.25) is 9.59 Å². The summed E-state index contributed by atoms with van der Waals surface area (Å²) in [4.78, 5) is 29.8. The SMILES string of the molecule is Cc1occc1C(=O)N(CCC(=O)N1CCC(Cc2ccccc2)CC1)CC1CCCO1. The van der Waals surface area contributed by atoms with Crippen LogP contribution < -0.4 is 0 Å². The van der Waals surface area contributed by atoms with E-state index in [9.17, 15) is 9.59 Å². The first-order chi connectivity index (χ1) is 15.6. The first-order valence-corrected chi connectivity index (χ1v) is 11.9. The van der Waals surface area contributed by atoms with Crippen molar-refractivity contribution in [3.8, 4) is 0 Å². The van der Waals surface area contributed by atoms with E-state index >= 15 is 0 Å². The molecule has 1 unspecified atom stereocenters. The minimum absolute atomic E-state index is 0.0509. The number of piperidine rings is 1. The molecule has 2 saturated heterocycles. The summed E-state index contributed by atoms with van der Waals surface area (Å²) >= 11 is 0. The van der Waals surface area contributed by atoms with Gasteiger partial charge in [-0.25, -0.2) is 0 Å². The van der Waals surface area contributed by atoms with Gasteiger partial charge in [0.05, 0.1) is 17.9 Å². The normalized spacial score (nSPS) is 19.3. The summed E-state index contributed by atoms with van der Waals surface area (Å²) in [7, 11) is 0. The number of rotatable bonds is 8. The van der Waals surface area contributed by atoms with Crippen LogP contribution >= 0.6 is 0 Å². The van der Waals surface area contributed by atoms with E-state index in [4.69, 9.17) is 9.15 Å². The van der Waals surface area contributed by atoms with Crippen molar-refractivity contribution in [3.05, 3.63) is 59.5 Å². The maximum atomic E-state index is 13.1. The Morgan fingerprint density at radius 2 is 1.88 bits per heavy atom. The molecule has 32 heavy (non-hydrogen) atoms. The molecule has 1 aromatic heterocycles. The second kappa shape index (κ2) is 10.8. The van der Waals surface area contributed by atoms with Crippen LogP contribution in [0.15, 0.2) is 47.1 Å². The van der Waals surface area contributed by atoms with Gasteiger partial charge in [-0.15, -0.1) is 0 Å². The molecule has 2 aliphatic rings. The van der Waals surface area contributed by atoms with Crippen LogP contribution in [0.3, 0.4) is 0 Å². The Morgan fingerprint density at radius 3 is 2.53 bits per heavy atom. The van der Waals surface area contributed by atoms with Gasteiger partial charge in [0.2, 0.25) is 5.91 Å². The molecule has 0 bridgehead atoms. The van der Waals surface area contributed by atoms with Crippen molar-refractivity contribution in [1.82, 2.24) is 9.80 Å². The van der Waals surface area contributed by atoms with E-state index in [1.54, 1.807) is 17.9 Å². The lowest BCUT2D eigenvalue weighted by Crippen LogP contribution is -2.43. The lowest BCUT2D eigenvalue weighted by Gasteiger charge is -2.33. The fraction of sp³-hybridized carbons (Fsp3) is 0.538. The van der Waals surface area contributed by atoms with Gasteiger partial charge in [-0.2, -0.15) is 0 Å². The average molecular weight is 439 g/mol. The fourth-order valence-corrected chi connectivity index (χ4v) is 4.81. The Bertz CT molecular complexity index is 880. The van der Waals surface area contributed by atoms with Crippen molar-refractivity contribution in [1.29, 1.82) is 0 Å². The zero-order valence-corrected chi connectivity index (χ0v) is 19.0. The summed E-state index contributed by atoms with van der Waals surface area (Å²) in [6.45, 7) is 5.08. The van der Waals surface area contributed by atoms with Crippen LogP contribution in [0.5, 0.6) is 0 Å². The first kappa shape index (κ1) is 22.6. The molecular formula is C26H34N2O4. The van der Waals surface area contributed by atoms with Gasteiger partial charge in [-0.05, 0) is 56.6 Å². The Hall–Kier alpha value is -2.60. The molecule has 0 N–H and O–H groups in total. The van der Waals surface area contributed by atoms with Crippen LogP contribution in [0.25, 0.3) is 0 Å². The Morgan fingerprint density at radius 1 is 1.09 bits per heavy atom. The van der Waals surface area contributed by atoms with Gasteiger partial charge < -0.3 is 19.0 Å². The zero-order chi connectivity index (χ0) is 22.3. The van der Waals surface area contributed by atoms with E-state index in [1.807, 2.05) is 11.0 Å². The molecule has 6 nitrogen and oxygen atoms in total. The topological polar surface area (TPSA) is 63.0 Å². The van der Waals surface area contributed by atoms with Crippen LogP contribution in [-0.4, -0.2) is 60.5 Å². The lowest BCUT2D eigenvalue weighted by atomic mass is 9.90. The quantitative estimate of drug-likeness (QED) is 0.623. The molecule has 3 heterocycles. The number of carbonyl (C=O) groups excluding carboxylic acids is 2. The minimum Gasteiger partial charge on any atom is -0.469 e. The third-order valence-electron chi connectivity index (χ3n) is 6.75. The van der Waals surface area contributed by atoms with Crippen molar-refractivity contribution in [2.75, 3.05) is 32.8 Å². The van der Waals surface area contributed by atoms with Crippen molar-refractivity contribution < 1.29 is 18.7 Å². The summed E-state index contributed by atoms with van der Waals surface area (Å²) in [6.07, 6.45) is 7.06. The van der Waals surface area contributed by atoms with E-state index in [2.05, 4.69) is 24.3 Å². The highest BCUT2D eigenvalue weighted by atomic mass is 16.5. The smallest absolute Gasteiger partial charge is 0.257 e. The molecule has 6 heteroatoms. The molecule has 2 fully saturated rings. The minimum atomic E-state index is -0.0823. The molecule has 172 valence electrons. The predicted molar refractivity (Wildman–Crippen MR) is 122 cm³/mol. The highest BCUT2D eigenvalue weighted by Crippen LogP contribution is 2.23. The summed E-state index contributed by atoms with van der Waals surface area (Å²) in [6, 6.07) is 12.3. The number of ether oxygens (including phenoxy) is 1. The number of hydrogen-bond donors (Lipinski definition) is 0. The Balaban J connectivity index is 1.29. The molecule has 2 aromatic rings. The Labute approximate surface area is 190 Å². The van der Waals surface area contributed by atoms with Crippen LogP contribution in [0.4, 0.5) is 0 Å². The third kappa shape index (κ3) is 5.80. The number of amides is 2. The van der Waals surface area contributed by atoms with Crippen LogP contribution in [0, 0.1) is 12.8 Å². The van der Waals surface area contributed by atoms with Crippen molar-refractivity contribution in [3.63, 3.8) is 0 Å². The van der Waals surface area contributed by atoms with Crippen molar-refractivity contribution >= 4 is 11.8 Å². The number of carbonyl (C=O) groups is 2. The molecular weight excluding hydrogens is 404 g/mol. The predicted octanol–water partition coefficient (Wildman–Crippen LogP) is 4.08. The molecule has 0 radical (unpaired) electrons. The summed E-state index contributed by atoms with van der Waals surface area (Å²) < 4.78 is 11.1. The molecule has 0 aliphatic carbocycles. The second-order valence-corrected chi connectivity index (χ2v) is 9.04. The van der Waals surface area contributed by atoms with Crippen molar-refractivity contribution in [2.45, 2.75) is 51.6 Å². The standard InChI is InChI=1S/C26H34N2O4/c1-20-24(12-17-31-20)26(30)28(19-23-8-5-16-32-23)15-11-25(29)27-13-9-22(10-14-27)18-21-6-3-2-4-7-21/h2-4,6-7,12,17,22-23H,5,8-11,13-16,18-19H2,1H3. The third-order valence-corrected chi connectivity index (χ3v) is 6.75. The van der Waals surface area contributed by atoms with Gasteiger partial charge in [0.15, 0.2) is 0 Å². The monoisotopic (exact) mass is 438 g/mol. The largest absolute Gasteiger partial charge is 0.469 e. The summed E-state index contributed by atoms with van der Waals surface area (Å²) in [5.74, 6) is 1.29. The maximum Gasteiger partial charge on any atom is 0.257 e. The van der Waals surface area contributed by atoms with Crippen LogP contribution in [0.2, 0.25) is 0 Å². The number of furan rings is 1. The highest BCUT2D eigenvalue weighted by Gasteiger charge is 2.27. The molecule has 1 atom stereocenters. The maximum absolute atomic E-state index is 13.1. The first-order valence-electron chi connectivity index (χ1n) is 11.9. The van der Waals surface area contributed by atoms with Gasteiger partial charge in [-0.1, -0.05) is 30.3 Å². The van der Waals surface area contributed by atoms with Crippen LogP contribution in [-0.2, 0) is 16.0 Å². The zero-order valence-electron chi connectivity index (χ0n) is 19.0. The summed E-state index contributed by atoms with van der Waals surface area (Å²) in [5, 5.41) is 0. The number of aryl methyl sites for hydroxylation is 1. The highest BCUT2D eigenvalue weighted by molar-refractivity contribution is 5.95. The molecule has 0 saturated carbocycles. The number of benzene rings is 1. The van der Waals surface area contributed by atoms with E-state index in [1.165, 1.54) is 11.8 Å². The van der Waals surface area contributed by atoms with E-state index in [0.29, 0.717) is 36.8 Å². The van der Waals surface area contributed by atoms with Crippen molar-refractivity contribution in [2.24, 2.45) is 5.92 Å². The molecule has 0 spiro atoms. The van der Waals surface area contributed by atoms with Gasteiger partial charge in [0.25, 0.3) is 5.91 Å². The van der Waals surface area contributed by atoms with Gasteiger partial charge in [0, 0.05) is 39.2 Å². The van der Waals surface area contributed by atoms with E-state index < -0.39 is 0 Å². The molecule has 1 aromatic carbocycles. The molecule has 4 rings (SSSR count). The summed E-state index contributed by atoms with van der Waals surface area (Å²) in [5.41, 5.74) is 1.94. The average Bonchev–Trinajstić information content (AvgIpc) is 3.49. The second-order valence-electron chi connectivity index (χ2n) is 9.04. The Kier molecular flexibility index (Phi) is 7.63. The van der Waals surface area contributed by atoms with Crippen LogP contribution in [0.1, 0.15) is 53.8 Å². The number of hydrogen-bond acceptors (Lipinski definition) is 4. The molecule has 2 aliphatic heterocycles. The number of likely N-dealkylation sites (tertiary alicyclic amines) is 1. The lowest BCUT2D eigenvalue weighted by molar-refractivity contribution is -0.132. The van der Waals surface area contributed by atoms with Gasteiger partial charge in [0.1, 0.15) is 5.76 Å². The van der Waals surface area contributed by atoms with E-state index in [-0.39, 0.29) is 17.9 Å². The molecule has 2 amide bonds.